The average Bonchev–Trinajstić information content (AvgIpc) is 2.60. The highest BCUT2D eigenvalue weighted by Gasteiger charge is 2.19. The fourth-order valence-corrected chi connectivity index (χ4v) is 4.50. The van der Waals surface area contributed by atoms with Gasteiger partial charge in [-0.25, -0.2) is 0 Å². The van der Waals surface area contributed by atoms with E-state index in [0.717, 1.165) is 13.0 Å². The molecule has 1 nitrogen and oxygen atoms in total. The van der Waals surface area contributed by atoms with Gasteiger partial charge in [0.25, 0.3) is 0 Å². The smallest absolute Gasteiger partial charge is 0.0734 e. The van der Waals surface area contributed by atoms with E-state index in [4.69, 9.17) is 4.99 Å². The van der Waals surface area contributed by atoms with E-state index >= 15 is 0 Å². The maximum atomic E-state index is 4.91. The summed E-state index contributed by atoms with van der Waals surface area (Å²) in [5, 5.41) is 3.97. The Kier molecular flexibility index (Phi) is 3.78. The van der Waals surface area contributed by atoms with Crippen molar-refractivity contribution in [3.8, 4) is 0 Å². The molecule has 0 fully saturated rings. The number of nitrogens with zero attached hydrogens (tertiary/aromatic N) is 1. The van der Waals surface area contributed by atoms with E-state index in [-0.39, 0.29) is 0 Å². The van der Waals surface area contributed by atoms with Crippen LogP contribution in [0.25, 0.3) is 10.8 Å². The maximum Gasteiger partial charge on any atom is 0.0734 e. The lowest BCUT2D eigenvalue weighted by molar-refractivity contribution is 0.945. The molecule has 0 spiro atoms. The summed E-state index contributed by atoms with van der Waals surface area (Å²) in [7, 11) is 3.57. The lowest BCUT2D eigenvalue weighted by Crippen LogP contribution is -2.19. The Morgan fingerprint density at radius 2 is 1.73 bits per heavy atom. The average molecular weight is 321 g/mol. The number of hydrogen-bond acceptors (Lipinski definition) is 1. The summed E-state index contributed by atoms with van der Waals surface area (Å²) in [6, 6.07) is 21.8. The van der Waals surface area contributed by atoms with Gasteiger partial charge in [0.1, 0.15) is 0 Å². The Labute approximate surface area is 134 Å². The molecule has 108 valence electrons. The van der Waals surface area contributed by atoms with Gasteiger partial charge in [0.05, 0.1) is 5.71 Å². The molecule has 0 radical (unpaired) electrons. The van der Waals surface area contributed by atoms with E-state index in [2.05, 4.69) is 69.6 Å². The molecule has 1 aliphatic heterocycles. The molecule has 0 saturated carbocycles. The third-order valence-electron chi connectivity index (χ3n) is 4.24. The molecule has 4 rings (SSSR count). The third kappa shape index (κ3) is 2.30. The van der Waals surface area contributed by atoms with Crippen molar-refractivity contribution in [1.82, 2.24) is 0 Å². The zero-order valence-electron chi connectivity index (χ0n) is 12.2. The number of fused-ring (bicyclic) bond motifs is 2. The van der Waals surface area contributed by atoms with Crippen LogP contribution in [0.3, 0.4) is 0 Å². The van der Waals surface area contributed by atoms with Gasteiger partial charge in [-0.3, -0.25) is 4.99 Å². The minimum absolute atomic E-state index is 0.690. The van der Waals surface area contributed by atoms with Gasteiger partial charge in [-0.1, -0.05) is 68.9 Å². The Bertz CT molecular complexity index is 883. The molecule has 0 N–H and O–H groups in total. The molecule has 0 aromatic heterocycles. The van der Waals surface area contributed by atoms with Gasteiger partial charge in [0.2, 0.25) is 0 Å². The molecule has 22 heavy (non-hydrogen) atoms. The van der Waals surface area contributed by atoms with Crippen LogP contribution in [0.2, 0.25) is 0 Å². The molecule has 1 heterocycles. The molecule has 3 aromatic rings. The Morgan fingerprint density at radius 3 is 2.64 bits per heavy atom. The Hall–Kier alpha value is -1.55. The molecule has 0 amide bonds. The fraction of sp³-hybridized carbons (Fsp3) is 0.105. The van der Waals surface area contributed by atoms with Crippen molar-refractivity contribution in [3.05, 3.63) is 77.4 Å². The number of rotatable bonds is 2. The maximum absolute atomic E-state index is 4.91. The van der Waals surface area contributed by atoms with E-state index in [1.165, 1.54) is 38.5 Å². The van der Waals surface area contributed by atoms with E-state index in [1.54, 1.807) is 0 Å². The highest BCUT2D eigenvalue weighted by atomic mass is 32.0. The quantitative estimate of drug-likeness (QED) is 0.623. The Balaban J connectivity index is 2.04. The lowest BCUT2D eigenvalue weighted by atomic mass is 9.91. The molecule has 0 saturated heterocycles. The first-order valence-corrected chi connectivity index (χ1v) is 10.3. The second kappa shape index (κ2) is 5.92. The molecule has 0 bridgehead atoms. The van der Waals surface area contributed by atoms with Gasteiger partial charge < -0.3 is 0 Å². The second-order valence-electron chi connectivity index (χ2n) is 5.49. The minimum Gasteiger partial charge on any atom is -0.284 e. The van der Waals surface area contributed by atoms with Gasteiger partial charge in [0.15, 0.2) is 0 Å². The van der Waals surface area contributed by atoms with Gasteiger partial charge in [-0.2, -0.15) is 0 Å². The van der Waals surface area contributed by atoms with E-state index in [0.29, 0.717) is 8.27 Å². The monoisotopic (exact) mass is 321 g/mol. The second-order valence-corrected chi connectivity index (χ2v) is 7.18. The summed E-state index contributed by atoms with van der Waals surface area (Å²) in [6.45, 7) is 0.884. The van der Waals surface area contributed by atoms with Crippen LogP contribution in [-0.4, -0.2) is 12.3 Å². The molecular formula is C19H17NP2. The summed E-state index contributed by atoms with van der Waals surface area (Å²) in [5.74, 6) is 0. The van der Waals surface area contributed by atoms with Crippen molar-refractivity contribution in [2.24, 2.45) is 4.99 Å². The number of aliphatic imine (C=N–C) groups is 1. The largest absolute Gasteiger partial charge is 0.284 e. The van der Waals surface area contributed by atoms with Crippen molar-refractivity contribution in [2.75, 3.05) is 6.54 Å². The first-order valence-electron chi connectivity index (χ1n) is 7.50. The molecule has 3 aromatic carbocycles. The zero-order valence-corrected chi connectivity index (χ0v) is 14.4. The Morgan fingerprint density at radius 1 is 0.909 bits per heavy atom. The van der Waals surface area contributed by atoms with Gasteiger partial charge in [-0.15, -0.1) is 8.93 Å². The first-order chi connectivity index (χ1) is 10.9. The SMILES string of the molecule is PPc1ccc2ccccc2c1C1=NCCc2ccccc21. The van der Waals surface area contributed by atoms with Crippen LogP contribution >= 0.6 is 17.2 Å². The van der Waals surface area contributed by atoms with E-state index < -0.39 is 0 Å². The third-order valence-corrected chi connectivity index (χ3v) is 5.91. The van der Waals surface area contributed by atoms with E-state index in [9.17, 15) is 0 Å². The predicted molar refractivity (Wildman–Crippen MR) is 102 cm³/mol. The van der Waals surface area contributed by atoms with Crippen molar-refractivity contribution in [1.29, 1.82) is 0 Å². The van der Waals surface area contributed by atoms with Crippen LogP contribution < -0.4 is 5.30 Å². The van der Waals surface area contributed by atoms with Crippen LogP contribution in [0.15, 0.2) is 65.7 Å². The number of hydrogen-bond donors (Lipinski definition) is 0. The summed E-state index contributed by atoms with van der Waals surface area (Å²) >= 11 is 0. The van der Waals surface area contributed by atoms with Crippen molar-refractivity contribution < 1.29 is 0 Å². The van der Waals surface area contributed by atoms with Crippen LogP contribution in [0.4, 0.5) is 0 Å². The van der Waals surface area contributed by atoms with Crippen LogP contribution in [0.1, 0.15) is 16.7 Å². The molecule has 2 atom stereocenters. The normalized spacial score (nSPS) is 14.3. The summed E-state index contributed by atoms with van der Waals surface area (Å²) in [6.07, 6.45) is 1.04. The van der Waals surface area contributed by atoms with Crippen molar-refractivity contribution in [3.63, 3.8) is 0 Å². The van der Waals surface area contributed by atoms with Crippen LogP contribution in [-0.2, 0) is 6.42 Å². The lowest BCUT2D eigenvalue weighted by Gasteiger charge is -2.20. The molecular weight excluding hydrogens is 304 g/mol. The van der Waals surface area contributed by atoms with Gasteiger partial charge in [0, 0.05) is 17.7 Å². The molecule has 1 aliphatic rings. The van der Waals surface area contributed by atoms with E-state index in [1.807, 2.05) is 0 Å². The van der Waals surface area contributed by atoms with Gasteiger partial charge in [-0.05, 0) is 28.1 Å². The molecule has 2 unspecified atom stereocenters. The molecule has 0 aliphatic carbocycles. The van der Waals surface area contributed by atoms with Crippen LogP contribution in [0, 0.1) is 0 Å². The van der Waals surface area contributed by atoms with Crippen molar-refractivity contribution >= 4 is 39.0 Å². The topological polar surface area (TPSA) is 12.4 Å². The summed E-state index contributed by atoms with van der Waals surface area (Å²) < 4.78 is 0. The zero-order chi connectivity index (χ0) is 14.9. The standard InChI is InChI=1S/C19H17NP2/c21-22-17-10-9-13-5-1-3-7-15(13)18(17)19-16-8-4-2-6-14(16)11-12-20-19/h1-10,22H,11-12,21H2. The predicted octanol–water partition coefficient (Wildman–Crippen LogP) is 4.33. The summed E-state index contributed by atoms with van der Waals surface area (Å²) in [5.41, 5.74) is 5.20. The van der Waals surface area contributed by atoms with Crippen molar-refractivity contribution in [2.45, 2.75) is 6.42 Å². The van der Waals surface area contributed by atoms with Gasteiger partial charge >= 0.3 is 0 Å². The minimum atomic E-state index is 0.690. The summed E-state index contributed by atoms with van der Waals surface area (Å²) in [4.78, 5) is 4.91. The fourth-order valence-electron chi connectivity index (χ4n) is 3.20. The highest BCUT2D eigenvalue weighted by Crippen LogP contribution is 2.30. The highest BCUT2D eigenvalue weighted by molar-refractivity contribution is 8.06. The van der Waals surface area contributed by atoms with Crippen LogP contribution in [0.5, 0.6) is 0 Å². The number of benzene rings is 3. The first kappa shape index (κ1) is 14.1. The molecule has 3 heteroatoms.